The Bertz CT molecular complexity index is 493. The zero-order chi connectivity index (χ0) is 13.8. The highest BCUT2D eigenvalue weighted by molar-refractivity contribution is 9.09. The minimum Gasteiger partial charge on any atom is -0.381 e. The van der Waals surface area contributed by atoms with E-state index in [4.69, 9.17) is 4.74 Å². The van der Waals surface area contributed by atoms with Crippen molar-refractivity contribution in [1.29, 1.82) is 0 Å². The van der Waals surface area contributed by atoms with E-state index in [9.17, 15) is 8.42 Å². The Morgan fingerprint density at radius 2 is 1.79 bits per heavy atom. The van der Waals surface area contributed by atoms with Crippen LogP contribution in [0.4, 0.5) is 0 Å². The molecule has 1 saturated heterocycles. The van der Waals surface area contributed by atoms with Gasteiger partial charge in [-0.3, -0.25) is 0 Å². The average Bonchev–Trinajstić information content (AvgIpc) is 2.40. The van der Waals surface area contributed by atoms with E-state index in [1.165, 1.54) is 0 Å². The summed E-state index contributed by atoms with van der Waals surface area (Å²) in [5, 5.41) is 0.720. The third kappa shape index (κ3) is 4.29. The Balaban J connectivity index is 2.07. The van der Waals surface area contributed by atoms with Crippen LogP contribution in [0, 0.1) is 5.41 Å². The van der Waals surface area contributed by atoms with Gasteiger partial charge in [0.2, 0.25) is 0 Å². The minimum atomic E-state index is -3.09. The molecule has 1 heterocycles. The lowest BCUT2D eigenvalue weighted by Crippen LogP contribution is -2.38. The lowest BCUT2D eigenvalue weighted by molar-refractivity contribution is 0.0367. The van der Waals surface area contributed by atoms with Gasteiger partial charge in [-0.05, 0) is 23.8 Å². The van der Waals surface area contributed by atoms with Crippen LogP contribution in [0.2, 0.25) is 0 Å². The normalized spacial score (nSPS) is 19.2. The van der Waals surface area contributed by atoms with Gasteiger partial charge in [-0.1, -0.05) is 46.3 Å². The number of hydrogen-bond donors (Lipinski definition) is 0. The molecule has 0 saturated carbocycles. The summed E-state index contributed by atoms with van der Waals surface area (Å²) in [5.41, 5.74) is 0.700. The summed E-state index contributed by atoms with van der Waals surface area (Å²) in [6.07, 6.45) is 1.62. The molecule has 106 valence electrons. The van der Waals surface area contributed by atoms with Crippen LogP contribution in [0.3, 0.4) is 0 Å². The molecule has 3 nitrogen and oxygen atoms in total. The van der Waals surface area contributed by atoms with Gasteiger partial charge >= 0.3 is 0 Å². The van der Waals surface area contributed by atoms with Crippen LogP contribution in [0.25, 0.3) is 0 Å². The van der Waals surface area contributed by atoms with Gasteiger partial charge in [0.05, 0.1) is 11.5 Å². The summed E-state index contributed by atoms with van der Waals surface area (Å²) in [6.45, 7) is 1.32. The largest absolute Gasteiger partial charge is 0.381 e. The van der Waals surface area contributed by atoms with Gasteiger partial charge < -0.3 is 4.74 Å². The smallest absolute Gasteiger partial charge is 0.155 e. The highest BCUT2D eigenvalue weighted by atomic mass is 79.9. The molecule has 0 atom stereocenters. The van der Waals surface area contributed by atoms with Crippen LogP contribution in [-0.2, 0) is 20.3 Å². The minimum absolute atomic E-state index is 0.128. The third-order valence-corrected chi connectivity index (χ3v) is 6.61. The van der Waals surface area contributed by atoms with Crippen molar-refractivity contribution in [2.75, 3.05) is 24.3 Å². The van der Waals surface area contributed by atoms with E-state index in [0.717, 1.165) is 23.7 Å². The summed E-state index contributed by atoms with van der Waals surface area (Å²) in [4.78, 5) is 0. The van der Waals surface area contributed by atoms with E-state index in [2.05, 4.69) is 15.9 Å². The molecule has 1 aliphatic rings. The first-order chi connectivity index (χ1) is 9.05. The highest BCUT2D eigenvalue weighted by Crippen LogP contribution is 2.34. The monoisotopic (exact) mass is 346 g/mol. The summed E-state index contributed by atoms with van der Waals surface area (Å²) in [5.74, 6) is 0.368. The zero-order valence-corrected chi connectivity index (χ0v) is 13.2. The number of benzene rings is 1. The second kappa shape index (κ2) is 6.37. The number of ether oxygens (including phenoxy) is 1. The van der Waals surface area contributed by atoms with E-state index in [-0.39, 0.29) is 16.9 Å². The molecule has 0 bridgehead atoms. The number of halogens is 1. The quantitative estimate of drug-likeness (QED) is 0.770. The molecule has 1 aromatic rings. The number of hydrogen-bond acceptors (Lipinski definition) is 3. The zero-order valence-electron chi connectivity index (χ0n) is 10.8. The fourth-order valence-corrected chi connectivity index (χ4v) is 5.61. The molecule has 1 aliphatic heterocycles. The van der Waals surface area contributed by atoms with Crippen molar-refractivity contribution < 1.29 is 13.2 Å². The van der Waals surface area contributed by atoms with Gasteiger partial charge in [0.25, 0.3) is 0 Å². The molecule has 0 amide bonds. The average molecular weight is 347 g/mol. The molecular formula is C14H19BrO3S. The number of sulfone groups is 1. The predicted octanol–water partition coefficient (Wildman–Crippen LogP) is 2.79. The van der Waals surface area contributed by atoms with Gasteiger partial charge in [-0.2, -0.15) is 0 Å². The van der Waals surface area contributed by atoms with Gasteiger partial charge in [0.15, 0.2) is 9.84 Å². The fraction of sp³-hybridized carbons (Fsp3) is 0.571. The van der Waals surface area contributed by atoms with Crippen LogP contribution < -0.4 is 0 Å². The Morgan fingerprint density at radius 3 is 2.37 bits per heavy atom. The van der Waals surface area contributed by atoms with Crippen molar-refractivity contribution >= 4 is 25.8 Å². The van der Waals surface area contributed by atoms with Crippen LogP contribution in [0.1, 0.15) is 18.4 Å². The van der Waals surface area contributed by atoms with Crippen LogP contribution in [0.5, 0.6) is 0 Å². The first kappa shape index (κ1) is 15.0. The molecule has 1 aromatic carbocycles. The maximum absolute atomic E-state index is 12.4. The Hall–Kier alpha value is -0.390. The summed E-state index contributed by atoms with van der Waals surface area (Å²) < 4.78 is 30.1. The van der Waals surface area contributed by atoms with E-state index in [0.29, 0.717) is 13.2 Å². The van der Waals surface area contributed by atoms with Crippen LogP contribution in [0.15, 0.2) is 30.3 Å². The molecule has 0 spiro atoms. The summed E-state index contributed by atoms with van der Waals surface area (Å²) in [6, 6.07) is 9.37. The third-order valence-electron chi connectivity index (χ3n) is 3.59. The van der Waals surface area contributed by atoms with Gasteiger partial charge in [0.1, 0.15) is 0 Å². The first-order valence-electron chi connectivity index (χ1n) is 6.43. The number of alkyl halides is 1. The predicted molar refractivity (Wildman–Crippen MR) is 80.2 cm³/mol. The molecule has 1 fully saturated rings. The lowest BCUT2D eigenvalue weighted by Gasteiger charge is -2.35. The van der Waals surface area contributed by atoms with E-state index < -0.39 is 9.84 Å². The van der Waals surface area contributed by atoms with Crippen molar-refractivity contribution in [3.63, 3.8) is 0 Å². The first-order valence-corrected chi connectivity index (χ1v) is 9.38. The summed E-state index contributed by atoms with van der Waals surface area (Å²) in [7, 11) is -3.09. The standard InChI is InChI=1S/C14H19BrO3S/c15-11-14(6-8-18-9-7-14)12-19(16,17)10-13-4-2-1-3-5-13/h1-5H,6-12H2. The molecule has 0 aromatic heterocycles. The van der Waals surface area contributed by atoms with E-state index in [1.54, 1.807) is 0 Å². The van der Waals surface area contributed by atoms with Gasteiger partial charge in [-0.25, -0.2) is 8.42 Å². The summed E-state index contributed by atoms with van der Waals surface area (Å²) >= 11 is 3.49. The SMILES string of the molecule is O=S(=O)(Cc1ccccc1)CC1(CBr)CCOCC1. The molecule has 0 radical (unpaired) electrons. The molecular weight excluding hydrogens is 328 g/mol. The van der Waals surface area contributed by atoms with E-state index in [1.807, 2.05) is 30.3 Å². The molecule has 19 heavy (non-hydrogen) atoms. The lowest BCUT2D eigenvalue weighted by atomic mass is 9.85. The van der Waals surface area contributed by atoms with Crippen molar-refractivity contribution in [3.8, 4) is 0 Å². The molecule has 2 rings (SSSR count). The highest BCUT2D eigenvalue weighted by Gasteiger charge is 2.36. The van der Waals surface area contributed by atoms with E-state index >= 15 is 0 Å². The number of rotatable bonds is 5. The van der Waals surface area contributed by atoms with Crippen molar-refractivity contribution in [3.05, 3.63) is 35.9 Å². The molecule has 5 heteroatoms. The van der Waals surface area contributed by atoms with Crippen LogP contribution >= 0.6 is 15.9 Å². The fourth-order valence-electron chi connectivity index (χ4n) is 2.47. The second-order valence-corrected chi connectivity index (χ2v) is 7.89. The van der Waals surface area contributed by atoms with Gasteiger partial charge in [0, 0.05) is 18.5 Å². The van der Waals surface area contributed by atoms with Crippen molar-refractivity contribution in [2.45, 2.75) is 18.6 Å². The molecule has 0 aliphatic carbocycles. The Kier molecular flexibility index (Phi) is 5.03. The van der Waals surface area contributed by atoms with Gasteiger partial charge in [-0.15, -0.1) is 0 Å². The Morgan fingerprint density at radius 1 is 1.16 bits per heavy atom. The molecule has 0 N–H and O–H groups in total. The topological polar surface area (TPSA) is 43.4 Å². The van der Waals surface area contributed by atoms with Crippen molar-refractivity contribution in [1.82, 2.24) is 0 Å². The Labute approximate surface area is 123 Å². The maximum Gasteiger partial charge on any atom is 0.155 e. The second-order valence-electron chi connectivity index (χ2n) is 5.26. The van der Waals surface area contributed by atoms with Crippen molar-refractivity contribution in [2.24, 2.45) is 5.41 Å². The molecule has 0 unspecified atom stereocenters. The maximum atomic E-state index is 12.4. The van der Waals surface area contributed by atoms with Crippen LogP contribution in [-0.4, -0.2) is 32.7 Å².